The van der Waals surface area contributed by atoms with Gasteiger partial charge in [0.15, 0.2) is 0 Å². The van der Waals surface area contributed by atoms with Crippen molar-refractivity contribution < 1.29 is 9.47 Å². The quantitative estimate of drug-likeness (QED) is 0.636. The number of hydrogen-bond acceptors (Lipinski definition) is 3. The van der Waals surface area contributed by atoms with E-state index in [2.05, 4.69) is 6.58 Å². The van der Waals surface area contributed by atoms with E-state index in [1.165, 1.54) is 0 Å². The van der Waals surface area contributed by atoms with E-state index in [0.29, 0.717) is 0 Å². The summed E-state index contributed by atoms with van der Waals surface area (Å²) in [5.41, 5.74) is 7.99. The van der Waals surface area contributed by atoms with E-state index < -0.39 is 5.54 Å². The van der Waals surface area contributed by atoms with Crippen LogP contribution in [0.3, 0.4) is 0 Å². The average Bonchev–Trinajstić information content (AvgIpc) is 2.60. The van der Waals surface area contributed by atoms with Gasteiger partial charge in [-0.2, -0.15) is 0 Å². The van der Waals surface area contributed by atoms with Crippen LogP contribution in [0.15, 0.2) is 73.0 Å². The van der Waals surface area contributed by atoms with Crippen molar-refractivity contribution in [3.8, 4) is 11.5 Å². The molecule has 0 saturated carbocycles. The van der Waals surface area contributed by atoms with E-state index in [1.54, 1.807) is 13.2 Å². The van der Waals surface area contributed by atoms with Gasteiger partial charge in [0.2, 0.25) is 0 Å². The zero-order valence-electron chi connectivity index (χ0n) is 13.9. The molecule has 0 fully saturated rings. The van der Waals surface area contributed by atoms with E-state index in [-0.39, 0.29) is 0 Å². The summed E-state index contributed by atoms with van der Waals surface area (Å²) >= 11 is 0. The Morgan fingerprint density at radius 3 is 1.87 bits per heavy atom. The monoisotopic (exact) mass is 309 g/mol. The van der Waals surface area contributed by atoms with Crippen molar-refractivity contribution in [2.45, 2.75) is 19.4 Å². The third-order valence-corrected chi connectivity index (χ3v) is 3.87. The van der Waals surface area contributed by atoms with Gasteiger partial charge in [0.25, 0.3) is 0 Å². The van der Waals surface area contributed by atoms with Crippen LogP contribution in [0.25, 0.3) is 0 Å². The first-order chi connectivity index (χ1) is 11.0. The van der Waals surface area contributed by atoms with Crippen LogP contribution in [0.5, 0.6) is 11.5 Å². The molecule has 0 saturated heterocycles. The summed E-state index contributed by atoms with van der Waals surface area (Å²) in [7, 11) is 1.65. The highest BCUT2D eigenvalue weighted by Gasteiger charge is 2.23. The molecular weight excluding hydrogens is 286 g/mol. The van der Waals surface area contributed by atoms with Crippen molar-refractivity contribution >= 4 is 0 Å². The number of nitrogens with two attached hydrogens (primary N) is 1. The minimum atomic E-state index is -0.591. The Kier molecular flexibility index (Phi) is 5.24. The molecule has 0 amide bonds. The molecule has 0 aliphatic heterocycles. The molecule has 23 heavy (non-hydrogen) atoms. The van der Waals surface area contributed by atoms with Gasteiger partial charge in [-0.05, 0) is 61.4 Å². The van der Waals surface area contributed by atoms with Crippen LogP contribution in [-0.2, 0) is 5.54 Å². The van der Waals surface area contributed by atoms with Crippen LogP contribution >= 0.6 is 0 Å². The zero-order valence-corrected chi connectivity index (χ0v) is 13.9. The third-order valence-electron chi connectivity index (χ3n) is 3.87. The first-order valence-electron chi connectivity index (χ1n) is 7.51. The maximum Gasteiger partial charge on any atom is 0.127 e. The largest absolute Gasteiger partial charge is 0.497 e. The van der Waals surface area contributed by atoms with Gasteiger partial charge in [-0.25, -0.2) is 0 Å². The third kappa shape index (κ3) is 3.82. The second-order valence-corrected chi connectivity index (χ2v) is 5.45. The van der Waals surface area contributed by atoms with E-state index >= 15 is 0 Å². The maximum atomic E-state index is 6.55. The van der Waals surface area contributed by atoms with Crippen LogP contribution in [0.2, 0.25) is 0 Å². The van der Waals surface area contributed by atoms with Gasteiger partial charge in [-0.15, -0.1) is 0 Å². The van der Waals surface area contributed by atoms with Gasteiger partial charge in [0.05, 0.1) is 12.6 Å². The minimum Gasteiger partial charge on any atom is -0.497 e. The van der Waals surface area contributed by atoms with Gasteiger partial charge in [-0.3, -0.25) is 0 Å². The lowest BCUT2D eigenvalue weighted by molar-refractivity contribution is 0.414. The molecule has 0 aromatic heterocycles. The number of methoxy groups -OCH3 is 1. The fraction of sp³-hybridized carbons (Fsp3) is 0.200. The predicted molar refractivity (Wildman–Crippen MR) is 94.7 cm³/mol. The second kappa shape index (κ2) is 7.16. The molecule has 1 atom stereocenters. The van der Waals surface area contributed by atoms with E-state index in [9.17, 15) is 0 Å². The lowest BCUT2D eigenvalue weighted by Crippen LogP contribution is -2.34. The lowest BCUT2D eigenvalue weighted by atomic mass is 9.86. The summed E-state index contributed by atoms with van der Waals surface area (Å²) in [4.78, 5) is 0. The first-order valence-corrected chi connectivity index (χ1v) is 7.51. The van der Waals surface area contributed by atoms with Crippen LogP contribution in [0.1, 0.15) is 25.0 Å². The summed E-state index contributed by atoms with van der Waals surface area (Å²) < 4.78 is 10.9. The molecule has 0 heterocycles. The molecule has 0 radical (unpaired) electrons. The Bertz CT molecular complexity index is 683. The van der Waals surface area contributed by atoms with Crippen molar-refractivity contribution in [2.75, 3.05) is 7.11 Å². The topological polar surface area (TPSA) is 44.5 Å². The van der Waals surface area contributed by atoms with E-state index in [1.807, 2.05) is 68.5 Å². The van der Waals surface area contributed by atoms with Crippen molar-refractivity contribution in [3.63, 3.8) is 0 Å². The Morgan fingerprint density at radius 1 is 1.00 bits per heavy atom. The normalized spacial score (nSPS) is 14.0. The highest BCUT2D eigenvalue weighted by molar-refractivity contribution is 5.41. The van der Waals surface area contributed by atoms with Crippen molar-refractivity contribution in [1.82, 2.24) is 0 Å². The molecule has 0 aliphatic carbocycles. The summed E-state index contributed by atoms with van der Waals surface area (Å²) in [5, 5.41) is 0. The molecule has 3 nitrogen and oxygen atoms in total. The standard InChI is InChI=1S/C20H23NO2/c1-5-17(6-2)23-19-13-9-16(10-14-19)20(3,21)15-7-11-18(22-4)12-8-15/h5-14H,1,21H2,2-4H3/b17-6+. The molecular formula is C20H23NO2. The number of ether oxygens (including phenoxy) is 2. The highest BCUT2D eigenvalue weighted by Crippen LogP contribution is 2.29. The van der Waals surface area contributed by atoms with Crippen LogP contribution in [0, 0.1) is 0 Å². The van der Waals surface area contributed by atoms with Gasteiger partial charge >= 0.3 is 0 Å². The lowest BCUT2D eigenvalue weighted by Gasteiger charge is -2.26. The Hall–Kier alpha value is -2.52. The van der Waals surface area contributed by atoms with E-state index in [0.717, 1.165) is 28.4 Å². The molecule has 1 unspecified atom stereocenters. The maximum absolute atomic E-state index is 6.55. The Labute approximate surface area is 138 Å². The zero-order chi connectivity index (χ0) is 16.9. The summed E-state index contributed by atoms with van der Waals surface area (Å²) in [5.74, 6) is 2.30. The molecule has 120 valence electrons. The van der Waals surface area contributed by atoms with Crippen LogP contribution in [-0.4, -0.2) is 7.11 Å². The Morgan fingerprint density at radius 2 is 1.48 bits per heavy atom. The second-order valence-electron chi connectivity index (χ2n) is 5.45. The fourth-order valence-corrected chi connectivity index (χ4v) is 2.33. The molecule has 0 aliphatic rings. The summed E-state index contributed by atoms with van der Waals surface area (Å²) in [6.07, 6.45) is 3.55. The molecule has 2 aromatic rings. The number of hydrogen-bond donors (Lipinski definition) is 1. The summed E-state index contributed by atoms with van der Waals surface area (Å²) in [6.45, 7) is 7.62. The highest BCUT2D eigenvalue weighted by atomic mass is 16.5. The van der Waals surface area contributed by atoms with Crippen molar-refractivity contribution in [2.24, 2.45) is 5.73 Å². The number of allylic oxidation sites excluding steroid dienone is 2. The predicted octanol–water partition coefficient (Wildman–Crippen LogP) is 4.39. The van der Waals surface area contributed by atoms with Crippen molar-refractivity contribution in [3.05, 3.63) is 84.1 Å². The minimum absolute atomic E-state index is 0.591. The fourth-order valence-electron chi connectivity index (χ4n) is 2.33. The van der Waals surface area contributed by atoms with Crippen molar-refractivity contribution in [1.29, 1.82) is 0 Å². The number of rotatable bonds is 6. The SMILES string of the molecule is C=C/C(=C\C)Oc1ccc(C(C)(N)c2ccc(OC)cc2)cc1. The van der Waals surface area contributed by atoms with Gasteiger partial charge < -0.3 is 15.2 Å². The van der Waals surface area contributed by atoms with Crippen LogP contribution in [0.4, 0.5) is 0 Å². The molecule has 0 bridgehead atoms. The molecule has 2 rings (SSSR count). The molecule has 2 N–H and O–H groups in total. The Balaban J connectivity index is 2.24. The first kappa shape index (κ1) is 16.8. The smallest absolute Gasteiger partial charge is 0.127 e. The molecule has 2 aromatic carbocycles. The van der Waals surface area contributed by atoms with Crippen LogP contribution < -0.4 is 15.2 Å². The average molecular weight is 309 g/mol. The van der Waals surface area contributed by atoms with Gasteiger partial charge in [0.1, 0.15) is 17.3 Å². The summed E-state index contributed by atoms with van der Waals surface area (Å²) in [6, 6.07) is 15.6. The molecule has 3 heteroatoms. The van der Waals surface area contributed by atoms with Gasteiger partial charge in [-0.1, -0.05) is 30.8 Å². The molecule has 0 spiro atoms. The van der Waals surface area contributed by atoms with E-state index in [4.69, 9.17) is 15.2 Å². The van der Waals surface area contributed by atoms with Gasteiger partial charge in [0, 0.05) is 0 Å². The number of benzene rings is 2.